The van der Waals surface area contributed by atoms with Crippen molar-refractivity contribution < 1.29 is 35.7 Å². The summed E-state index contributed by atoms with van der Waals surface area (Å²) in [7, 11) is -3.15. The maximum Gasteiger partial charge on any atom is 0.435 e. The summed E-state index contributed by atoms with van der Waals surface area (Å²) >= 11 is 0. The lowest BCUT2D eigenvalue weighted by molar-refractivity contribution is -0.142. The van der Waals surface area contributed by atoms with Crippen molar-refractivity contribution in [3.8, 4) is 11.6 Å². The van der Waals surface area contributed by atoms with Crippen LogP contribution in [-0.4, -0.2) is 26.6 Å². The molecule has 7 nitrogen and oxygen atoms in total. The minimum Gasteiger partial charge on any atom is -0.434 e. The minimum absolute atomic E-state index is 0.0211. The van der Waals surface area contributed by atoms with Crippen LogP contribution in [0.4, 0.5) is 27.6 Å². The van der Waals surface area contributed by atoms with Gasteiger partial charge in [0.15, 0.2) is 17.3 Å². The monoisotopic (exact) mass is 500 g/mol. The molecule has 0 aliphatic heterocycles. The Morgan fingerprint density at radius 1 is 1.12 bits per heavy atom. The van der Waals surface area contributed by atoms with Crippen LogP contribution in [0.25, 0.3) is 0 Å². The number of carbonyl (C=O) groups is 1. The molecule has 0 saturated carbocycles. The van der Waals surface area contributed by atoms with Crippen LogP contribution < -0.4 is 10.1 Å². The highest BCUT2D eigenvalue weighted by Crippen LogP contribution is 2.36. The number of carbonyl (C=O) groups excluding carboxylic acids is 1. The molecule has 13 heteroatoms. The molecule has 0 radical (unpaired) electrons. The Labute approximate surface area is 190 Å². The van der Waals surface area contributed by atoms with Crippen molar-refractivity contribution >= 4 is 21.3 Å². The molecule has 180 valence electrons. The topological polar surface area (TPSA) is 105 Å². The van der Waals surface area contributed by atoms with E-state index in [9.17, 15) is 31.0 Å². The second-order valence-electron chi connectivity index (χ2n) is 7.31. The zero-order valence-corrected chi connectivity index (χ0v) is 18.7. The van der Waals surface area contributed by atoms with Gasteiger partial charge in [0.25, 0.3) is 11.8 Å². The molecule has 0 spiro atoms. The molecule has 1 amide bonds. The number of benzene rings is 2. The number of aryl methyl sites for hydroxylation is 1. The van der Waals surface area contributed by atoms with Crippen molar-refractivity contribution in [1.29, 1.82) is 4.78 Å². The molecule has 3 rings (SSSR count). The summed E-state index contributed by atoms with van der Waals surface area (Å²) in [6.45, 7) is 2.19. The number of hydrogen-bond donors (Lipinski definition) is 2. The van der Waals surface area contributed by atoms with Crippen LogP contribution in [-0.2, 0) is 15.9 Å². The quantitative estimate of drug-likeness (QED) is 0.452. The normalized spacial score (nSPS) is 13.3. The molecule has 0 saturated heterocycles. The molecule has 2 N–H and O–H groups in total. The summed E-state index contributed by atoms with van der Waals surface area (Å²) in [6, 6.07) is 6.88. The molecular formula is C21H17F5N4O3S. The van der Waals surface area contributed by atoms with Crippen LogP contribution in [0, 0.1) is 30.3 Å². The van der Waals surface area contributed by atoms with Gasteiger partial charge in [-0.2, -0.15) is 13.2 Å². The number of anilines is 1. The molecule has 34 heavy (non-hydrogen) atoms. The lowest BCUT2D eigenvalue weighted by atomic mass is 10.1. The molecule has 0 fully saturated rings. The molecule has 3 aromatic rings. The van der Waals surface area contributed by atoms with E-state index in [0.717, 1.165) is 19.2 Å². The predicted molar refractivity (Wildman–Crippen MR) is 112 cm³/mol. The lowest BCUT2D eigenvalue weighted by Gasteiger charge is -2.16. The fourth-order valence-corrected chi connectivity index (χ4v) is 3.68. The van der Waals surface area contributed by atoms with E-state index >= 15 is 0 Å². The Balaban J connectivity index is 2.11. The summed E-state index contributed by atoms with van der Waals surface area (Å²) in [6.07, 6.45) is -3.81. The first kappa shape index (κ1) is 25.0. The molecule has 1 aromatic heterocycles. The number of rotatable bonds is 5. The Kier molecular flexibility index (Phi) is 6.60. The number of nitrogens with one attached hydrogen (secondary N) is 2. The van der Waals surface area contributed by atoms with Gasteiger partial charge in [0.2, 0.25) is 0 Å². The molecule has 0 aliphatic carbocycles. The van der Waals surface area contributed by atoms with E-state index in [4.69, 9.17) is 9.52 Å². The zero-order chi connectivity index (χ0) is 25.4. The van der Waals surface area contributed by atoms with Gasteiger partial charge < -0.3 is 10.1 Å². The Morgan fingerprint density at radius 3 is 2.41 bits per heavy atom. The standard InChI is InChI=1S/C21H17F5N4O3S/c1-10-7-12(22)8-15(17(10)23)33-20-16(11(2)18(29-30-20)21(24,25)26)19(31)28-13-5-4-6-14(9-13)34(3,27)32/h4-9,27H,1-3H3,(H,28,31). The second-order valence-corrected chi connectivity index (χ2v) is 9.47. The lowest BCUT2D eigenvalue weighted by Crippen LogP contribution is -2.21. The van der Waals surface area contributed by atoms with Crippen LogP contribution in [0.15, 0.2) is 41.3 Å². The molecule has 1 heterocycles. The van der Waals surface area contributed by atoms with E-state index in [1.807, 2.05) is 0 Å². The minimum atomic E-state index is -4.97. The Hall–Kier alpha value is -3.61. The van der Waals surface area contributed by atoms with Gasteiger partial charge in [-0.15, -0.1) is 10.2 Å². The van der Waals surface area contributed by atoms with Gasteiger partial charge in [0.1, 0.15) is 11.4 Å². The first-order valence-corrected chi connectivity index (χ1v) is 11.4. The third-order valence-corrected chi connectivity index (χ3v) is 5.77. The van der Waals surface area contributed by atoms with Gasteiger partial charge in [-0.25, -0.2) is 17.8 Å². The van der Waals surface area contributed by atoms with E-state index < -0.39 is 61.9 Å². The summed E-state index contributed by atoms with van der Waals surface area (Å²) in [5.41, 5.74) is -2.99. The highest BCUT2D eigenvalue weighted by molar-refractivity contribution is 7.91. The summed E-state index contributed by atoms with van der Waals surface area (Å²) in [5, 5.41) is 8.68. The van der Waals surface area contributed by atoms with Crippen LogP contribution in [0.2, 0.25) is 0 Å². The first-order chi connectivity index (χ1) is 15.7. The van der Waals surface area contributed by atoms with Crippen molar-refractivity contribution in [2.75, 3.05) is 11.6 Å². The highest BCUT2D eigenvalue weighted by atomic mass is 32.2. The molecular weight excluding hydrogens is 483 g/mol. The number of ether oxygens (including phenoxy) is 1. The molecule has 2 aromatic carbocycles. The number of amides is 1. The van der Waals surface area contributed by atoms with Gasteiger partial charge >= 0.3 is 6.18 Å². The summed E-state index contributed by atoms with van der Waals surface area (Å²) in [5.74, 6) is -4.52. The maximum absolute atomic E-state index is 14.4. The predicted octanol–water partition coefficient (Wildman–Crippen LogP) is 5.47. The second kappa shape index (κ2) is 8.97. The van der Waals surface area contributed by atoms with Crippen LogP contribution >= 0.6 is 0 Å². The average Bonchev–Trinajstić information content (AvgIpc) is 2.70. The smallest absolute Gasteiger partial charge is 0.434 e. The van der Waals surface area contributed by atoms with Gasteiger partial charge in [-0.3, -0.25) is 4.79 Å². The fourth-order valence-electron chi connectivity index (χ4n) is 2.99. The molecule has 1 unspecified atom stereocenters. The molecule has 1 atom stereocenters. The van der Waals surface area contributed by atoms with Crippen molar-refractivity contribution in [2.45, 2.75) is 24.9 Å². The Morgan fingerprint density at radius 2 is 1.79 bits per heavy atom. The maximum atomic E-state index is 14.4. The van der Waals surface area contributed by atoms with E-state index in [0.29, 0.717) is 6.07 Å². The van der Waals surface area contributed by atoms with Gasteiger partial charge in [0, 0.05) is 22.9 Å². The largest absolute Gasteiger partial charge is 0.435 e. The number of halogens is 5. The molecule has 0 bridgehead atoms. The van der Waals surface area contributed by atoms with Gasteiger partial charge in [-0.05, 0) is 49.2 Å². The third kappa shape index (κ3) is 5.30. The van der Waals surface area contributed by atoms with Crippen LogP contribution in [0.1, 0.15) is 27.2 Å². The van der Waals surface area contributed by atoms with E-state index in [2.05, 4.69) is 15.5 Å². The van der Waals surface area contributed by atoms with Gasteiger partial charge in [-0.1, -0.05) is 6.07 Å². The number of aromatic nitrogens is 2. The highest BCUT2D eigenvalue weighted by Gasteiger charge is 2.38. The average molecular weight is 500 g/mol. The summed E-state index contributed by atoms with van der Waals surface area (Å²) < 4.78 is 93.1. The zero-order valence-electron chi connectivity index (χ0n) is 17.9. The van der Waals surface area contributed by atoms with Crippen molar-refractivity contribution in [1.82, 2.24) is 10.2 Å². The number of nitrogens with zero attached hydrogens (tertiary/aromatic N) is 2. The first-order valence-electron chi connectivity index (χ1n) is 9.41. The molecule has 0 aliphatic rings. The van der Waals surface area contributed by atoms with E-state index in [1.54, 1.807) is 0 Å². The SMILES string of the molecule is Cc1cc(F)cc(Oc2nnc(C(F)(F)F)c(C)c2C(=O)Nc2cccc(S(C)(=N)=O)c2)c1F. The van der Waals surface area contributed by atoms with Crippen molar-refractivity contribution in [2.24, 2.45) is 0 Å². The van der Waals surface area contributed by atoms with Crippen LogP contribution in [0.5, 0.6) is 11.6 Å². The Bertz CT molecular complexity index is 1390. The third-order valence-electron chi connectivity index (χ3n) is 4.61. The van der Waals surface area contributed by atoms with Gasteiger partial charge in [0.05, 0.1) is 9.73 Å². The van der Waals surface area contributed by atoms with Crippen molar-refractivity contribution in [3.63, 3.8) is 0 Å². The van der Waals surface area contributed by atoms with E-state index in [-0.39, 0.29) is 16.1 Å². The van der Waals surface area contributed by atoms with E-state index in [1.165, 1.54) is 31.2 Å². The number of alkyl halides is 3. The summed E-state index contributed by atoms with van der Waals surface area (Å²) in [4.78, 5) is 13.1. The fraction of sp³-hybridized carbons (Fsp3) is 0.190. The van der Waals surface area contributed by atoms with Crippen molar-refractivity contribution in [3.05, 3.63) is 70.4 Å². The number of hydrogen-bond acceptors (Lipinski definition) is 6. The van der Waals surface area contributed by atoms with Crippen LogP contribution in [0.3, 0.4) is 0 Å².